The molecule has 0 aliphatic heterocycles. The van der Waals surface area contributed by atoms with Crippen LogP contribution in [0.25, 0.3) is 5.69 Å². The van der Waals surface area contributed by atoms with Crippen molar-refractivity contribution in [1.82, 2.24) is 25.1 Å². The number of halogens is 2. The molecule has 10 heteroatoms. The summed E-state index contributed by atoms with van der Waals surface area (Å²) in [5, 5.41) is 20.3. The Bertz CT molecular complexity index is 663. The Morgan fingerprint density at radius 2 is 2.08 bits per heavy atom. The van der Waals surface area contributed by atoms with Crippen molar-refractivity contribution in [3.8, 4) is 11.4 Å². The summed E-state index contributed by atoms with van der Waals surface area (Å²) in [5.74, 6) is -0.454. The van der Waals surface area contributed by atoms with Gasteiger partial charge in [-0.2, -0.15) is 13.5 Å². The molecule has 0 spiro atoms. The van der Waals surface area contributed by atoms with E-state index in [-0.39, 0.29) is 18.8 Å². The molecule has 0 atom stereocenters. The first-order chi connectivity index (χ1) is 11.5. The lowest BCUT2D eigenvalue weighted by molar-refractivity contribution is -0.138. The fourth-order valence-electron chi connectivity index (χ4n) is 2.20. The van der Waals surface area contributed by atoms with Crippen LogP contribution >= 0.6 is 0 Å². The highest BCUT2D eigenvalue weighted by molar-refractivity contribution is 5.69. The van der Waals surface area contributed by atoms with Crippen LogP contribution in [0.3, 0.4) is 0 Å². The van der Waals surface area contributed by atoms with E-state index in [1.165, 1.54) is 16.8 Å². The SMILES string of the molecule is CCCN(CC(=O)O)Cc1nnnn1-c1ccc(OC(F)F)cc1. The largest absolute Gasteiger partial charge is 0.480 e. The maximum Gasteiger partial charge on any atom is 0.387 e. The number of ether oxygens (including phenoxy) is 1. The zero-order chi connectivity index (χ0) is 17.5. The molecule has 2 rings (SSSR count). The van der Waals surface area contributed by atoms with Crippen LogP contribution in [-0.2, 0) is 11.3 Å². The first-order valence-corrected chi connectivity index (χ1v) is 7.26. The van der Waals surface area contributed by atoms with Gasteiger partial charge in [0.15, 0.2) is 5.82 Å². The van der Waals surface area contributed by atoms with Gasteiger partial charge >= 0.3 is 12.6 Å². The molecule has 1 aromatic heterocycles. The van der Waals surface area contributed by atoms with E-state index < -0.39 is 12.6 Å². The van der Waals surface area contributed by atoms with E-state index >= 15 is 0 Å². The number of alkyl halides is 2. The van der Waals surface area contributed by atoms with Gasteiger partial charge in [0.1, 0.15) is 5.75 Å². The number of hydrogen-bond donors (Lipinski definition) is 1. The Labute approximate surface area is 136 Å². The monoisotopic (exact) mass is 341 g/mol. The molecule has 0 saturated carbocycles. The number of hydrogen-bond acceptors (Lipinski definition) is 6. The molecule has 0 saturated heterocycles. The Morgan fingerprint density at radius 3 is 2.67 bits per heavy atom. The van der Waals surface area contributed by atoms with E-state index in [1.807, 2.05) is 6.92 Å². The lowest BCUT2D eigenvalue weighted by Crippen LogP contribution is -2.31. The fourth-order valence-corrected chi connectivity index (χ4v) is 2.20. The van der Waals surface area contributed by atoms with Crippen molar-refractivity contribution >= 4 is 5.97 Å². The first kappa shape index (κ1) is 17.7. The number of carboxylic acids is 1. The molecule has 24 heavy (non-hydrogen) atoms. The zero-order valence-electron chi connectivity index (χ0n) is 13.0. The summed E-state index contributed by atoms with van der Waals surface area (Å²) in [6.07, 6.45) is 0.786. The van der Waals surface area contributed by atoms with Crippen LogP contribution in [0.15, 0.2) is 24.3 Å². The maximum atomic E-state index is 12.2. The molecule has 0 unspecified atom stereocenters. The van der Waals surface area contributed by atoms with E-state index in [0.717, 1.165) is 6.42 Å². The van der Waals surface area contributed by atoms with Crippen LogP contribution in [0.4, 0.5) is 8.78 Å². The predicted octanol–water partition coefficient (Wildman–Crippen LogP) is 1.56. The van der Waals surface area contributed by atoms with Crippen LogP contribution in [0.2, 0.25) is 0 Å². The Hall–Kier alpha value is -2.62. The molecule has 130 valence electrons. The fraction of sp³-hybridized carbons (Fsp3) is 0.429. The van der Waals surface area contributed by atoms with Gasteiger partial charge in [0.25, 0.3) is 0 Å². The molecule has 1 N–H and O–H groups in total. The maximum absolute atomic E-state index is 12.2. The van der Waals surface area contributed by atoms with E-state index in [9.17, 15) is 13.6 Å². The third-order valence-electron chi connectivity index (χ3n) is 3.10. The Balaban J connectivity index is 2.15. The third kappa shape index (κ3) is 4.95. The number of aromatic nitrogens is 4. The number of nitrogens with zero attached hydrogens (tertiary/aromatic N) is 5. The quantitative estimate of drug-likeness (QED) is 0.740. The number of carbonyl (C=O) groups is 1. The van der Waals surface area contributed by atoms with E-state index in [2.05, 4.69) is 20.3 Å². The lowest BCUT2D eigenvalue weighted by atomic mass is 10.3. The van der Waals surface area contributed by atoms with Gasteiger partial charge in [-0.05, 0) is 47.7 Å². The summed E-state index contributed by atoms with van der Waals surface area (Å²) >= 11 is 0. The molecule has 0 fully saturated rings. The van der Waals surface area contributed by atoms with Gasteiger partial charge in [0, 0.05) is 0 Å². The summed E-state index contributed by atoms with van der Waals surface area (Å²) in [7, 11) is 0. The normalized spacial score (nSPS) is 11.2. The molecule has 0 radical (unpaired) electrons. The van der Waals surface area contributed by atoms with Gasteiger partial charge in [0.2, 0.25) is 0 Å². The van der Waals surface area contributed by atoms with Gasteiger partial charge in [-0.15, -0.1) is 5.10 Å². The minimum Gasteiger partial charge on any atom is -0.480 e. The average molecular weight is 341 g/mol. The second-order valence-corrected chi connectivity index (χ2v) is 4.98. The summed E-state index contributed by atoms with van der Waals surface area (Å²) in [4.78, 5) is 12.6. The van der Waals surface area contributed by atoms with Gasteiger partial charge in [-0.25, -0.2) is 0 Å². The van der Waals surface area contributed by atoms with Crippen molar-refractivity contribution in [3.63, 3.8) is 0 Å². The molecule has 0 amide bonds. The van der Waals surface area contributed by atoms with E-state index in [1.54, 1.807) is 17.0 Å². The summed E-state index contributed by atoms with van der Waals surface area (Å²) in [6.45, 7) is -0.234. The zero-order valence-corrected chi connectivity index (χ0v) is 13.0. The lowest BCUT2D eigenvalue weighted by Gasteiger charge is -2.18. The van der Waals surface area contributed by atoms with Crippen molar-refractivity contribution in [1.29, 1.82) is 0 Å². The highest BCUT2D eigenvalue weighted by Crippen LogP contribution is 2.17. The van der Waals surface area contributed by atoms with Crippen molar-refractivity contribution < 1.29 is 23.4 Å². The van der Waals surface area contributed by atoms with Gasteiger partial charge in [-0.3, -0.25) is 9.69 Å². The number of benzene rings is 1. The minimum absolute atomic E-state index is 0.0295. The van der Waals surface area contributed by atoms with Crippen molar-refractivity contribution in [2.75, 3.05) is 13.1 Å². The van der Waals surface area contributed by atoms with Crippen LogP contribution in [0.5, 0.6) is 5.75 Å². The predicted molar refractivity (Wildman–Crippen MR) is 79.0 cm³/mol. The third-order valence-corrected chi connectivity index (χ3v) is 3.10. The van der Waals surface area contributed by atoms with Gasteiger partial charge < -0.3 is 9.84 Å². The number of rotatable bonds is 9. The van der Waals surface area contributed by atoms with Crippen LogP contribution in [-0.4, -0.2) is 55.9 Å². The van der Waals surface area contributed by atoms with Crippen molar-refractivity contribution in [3.05, 3.63) is 30.1 Å². The second kappa shape index (κ2) is 8.29. The molecule has 1 heterocycles. The Kier molecular flexibility index (Phi) is 6.13. The average Bonchev–Trinajstić information content (AvgIpc) is 2.95. The molecule has 2 aromatic rings. The van der Waals surface area contributed by atoms with E-state index in [0.29, 0.717) is 18.1 Å². The van der Waals surface area contributed by atoms with Crippen LogP contribution in [0, 0.1) is 0 Å². The van der Waals surface area contributed by atoms with E-state index in [4.69, 9.17) is 5.11 Å². The minimum atomic E-state index is -2.89. The second-order valence-electron chi connectivity index (χ2n) is 4.98. The standard InChI is InChI=1S/C14H17F2N5O3/c1-2-7-20(9-13(22)23)8-12-17-18-19-21(12)10-3-5-11(6-4-10)24-14(15)16/h3-6,14H,2,7-9H2,1H3,(H,22,23). The van der Waals surface area contributed by atoms with Gasteiger partial charge in [0.05, 0.1) is 18.8 Å². The molecule has 0 bridgehead atoms. The molecule has 8 nitrogen and oxygen atoms in total. The topological polar surface area (TPSA) is 93.4 Å². The number of carboxylic acid groups (broad SMARTS) is 1. The van der Waals surface area contributed by atoms with Crippen LogP contribution in [0.1, 0.15) is 19.2 Å². The highest BCUT2D eigenvalue weighted by Gasteiger charge is 2.15. The molecule has 0 aliphatic rings. The number of aliphatic carboxylic acids is 1. The molecule has 0 aliphatic carbocycles. The summed E-state index contributed by atoms with van der Waals surface area (Å²) < 4.78 is 30.0. The van der Waals surface area contributed by atoms with Crippen LogP contribution < -0.4 is 4.74 Å². The van der Waals surface area contributed by atoms with Crippen molar-refractivity contribution in [2.24, 2.45) is 0 Å². The molecular weight excluding hydrogens is 324 g/mol. The summed E-state index contributed by atoms with van der Waals surface area (Å²) in [5.41, 5.74) is 0.559. The molecular formula is C14H17F2N5O3. The van der Waals surface area contributed by atoms with Gasteiger partial charge in [-0.1, -0.05) is 6.92 Å². The first-order valence-electron chi connectivity index (χ1n) is 7.26. The molecule has 1 aromatic carbocycles. The Morgan fingerprint density at radius 1 is 1.38 bits per heavy atom. The smallest absolute Gasteiger partial charge is 0.387 e. The van der Waals surface area contributed by atoms with Crippen molar-refractivity contribution in [2.45, 2.75) is 26.5 Å². The summed E-state index contributed by atoms with van der Waals surface area (Å²) in [6, 6.07) is 5.85. The number of tetrazole rings is 1. The highest BCUT2D eigenvalue weighted by atomic mass is 19.3.